The molecular formula is C11H14N2O4. The van der Waals surface area contributed by atoms with Gasteiger partial charge in [0.25, 0.3) is 0 Å². The van der Waals surface area contributed by atoms with E-state index in [1.54, 1.807) is 20.8 Å². The van der Waals surface area contributed by atoms with Crippen molar-refractivity contribution in [1.29, 1.82) is 0 Å². The number of aliphatic carboxylic acids is 1. The minimum Gasteiger partial charge on any atom is -0.478 e. The summed E-state index contributed by atoms with van der Waals surface area (Å²) < 4.78 is 6.10. The third-order valence-corrected chi connectivity index (χ3v) is 1.60. The lowest BCUT2D eigenvalue weighted by molar-refractivity contribution is -0.131. The van der Waals surface area contributed by atoms with Crippen molar-refractivity contribution in [2.75, 3.05) is 0 Å². The number of ether oxygens (including phenoxy) is 1. The van der Waals surface area contributed by atoms with Crippen LogP contribution in [0.2, 0.25) is 0 Å². The predicted molar refractivity (Wildman–Crippen MR) is 60.5 cm³/mol. The molecule has 0 radical (unpaired) electrons. The highest BCUT2D eigenvalue weighted by Crippen LogP contribution is 2.09. The molecule has 92 valence electrons. The van der Waals surface area contributed by atoms with Gasteiger partial charge in [0.2, 0.25) is 0 Å². The smallest absolute Gasteiger partial charge is 0.435 e. The summed E-state index contributed by atoms with van der Waals surface area (Å²) in [7, 11) is 0. The van der Waals surface area contributed by atoms with E-state index in [-0.39, 0.29) is 0 Å². The Labute approximate surface area is 98.5 Å². The van der Waals surface area contributed by atoms with Gasteiger partial charge in [0.15, 0.2) is 0 Å². The lowest BCUT2D eigenvalue weighted by atomic mass is 10.2. The SMILES string of the molecule is CC(C)(C)OC(=O)n1cc(/C=C/C(=O)O)cn1. The standard InChI is InChI=1S/C11H14N2O4/c1-11(2,3)17-10(16)13-7-8(6-12-13)4-5-9(14)15/h4-7H,1-3H3,(H,14,15)/b5-4+. The van der Waals surface area contributed by atoms with Crippen LogP contribution in [0.5, 0.6) is 0 Å². The molecule has 0 aliphatic carbocycles. The molecular weight excluding hydrogens is 224 g/mol. The first-order chi connectivity index (χ1) is 7.78. The number of carbonyl (C=O) groups is 2. The molecule has 1 aromatic heterocycles. The lowest BCUT2D eigenvalue weighted by Crippen LogP contribution is -2.27. The molecule has 0 saturated heterocycles. The molecule has 1 rings (SSSR count). The Balaban J connectivity index is 2.74. The second-order valence-electron chi connectivity index (χ2n) is 4.37. The largest absolute Gasteiger partial charge is 0.478 e. The molecule has 0 aliphatic rings. The summed E-state index contributed by atoms with van der Waals surface area (Å²) in [6.07, 6.45) is 4.48. The summed E-state index contributed by atoms with van der Waals surface area (Å²) >= 11 is 0. The Hall–Kier alpha value is -2.11. The first kappa shape index (κ1) is 13.0. The average Bonchev–Trinajstić information content (AvgIpc) is 2.60. The van der Waals surface area contributed by atoms with Crippen LogP contribution in [0.3, 0.4) is 0 Å². The number of rotatable bonds is 2. The Morgan fingerprint density at radius 2 is 2.12 bits per heavy atom. The molecule has 1 aromatic rings. The molecule has 1 N–H and O–H groups in total. The zero-order chi connectivity index (χ0) is 13.1. The molecule has 0 fully saturated rings. The predicted octanol–water partition coefficient (Wildman–Crippen LogP) is 1.76. The van der Waals surface area contributed by atoms with E-state index in [4.69, 9.17) is 9.84 Å². The fourth-order valence-corrected chi connectivity index (χ4v) is 0.999. The van der Waals surface area contributed by atoms with E-state index in [0.29, 0.717) is 5.56 Å². The van der Waals surface area contributed by atoms with E-state index in [0.717, 1.165) is 10.8 Å². The maximum absolute atomic E-state index is 11.5. The Morgan fingerprint density at radius 3 is 2.65 bits per heavy atom. The van der Waals surface area contributed by atoms with Gasteiger partial charge in [-0.1, -0.05) is 0 Å². The molecule has 0 aromatic carbocycles. The van der Waals surface area contributed by atoms with Crippen LogP contribution in [0, 0.1) is 0 Å². The molecule has 6 heteroatoms. The summed E-state index contributed by atoms with van der Waals surface area (Å²) in [5, 5.41) is 12.2. The second-order valence-corrected chi connectivity index (χ2v) is 4.37. The second kappa shape index (κ2) is 4.82. The zero-order valence-corrected chi connectivity index (χ0v) is 9.88. The molecule has 17 heavy (non-hydrogen) atoms. The van der Waals surface area contributed by atoms with Crippen molar-refractivity contribution in [2.24, 2.45) is 0 Å². The van der Waals surface area contributed by atoms with Crippen molar-refractivity contribution in [3.8, 4) is 0 Å². The molecule has 0 saturated carbocycles. The van der Waals surface area contributed by atoms with Crippen LogP contribution in [-0.4, -0.2) is 32.6 Å². The zero-order valence-electron chi connectivity index (χ0n) is 9.88. The molecule has 0 spiro atoms. The van der Waals surface area contributed by atoms with Crippen molar-refractivity contribution >= 4 is 18.1 Å². The Morgan fingerprint density at radius 1 is 1.47 bits per heavy atom. The van der Waals surface area contributed by atoms with Gasteiger partial charge >= 0.3 is 12.1 Å². The lowest BCUT2D eigenvalue weighted by Gasteiger charge is -2.18. The quantitative estimate of drug-likeness (QED) is 0.794. The number of aromatic nitrogens is 2. The summed E-state index contributed by atoms with van der Waals surface area (Å²) in [6.45, 7) is 5.25. The number of carboxylic acid groups (broad SMARTS) is 1. The normalized spacial score (nSPS) is 11.7. The van der Waals surface area contributed by atoms with Crippen molar-refractivity contribution in [1.82, 2.24) is 9.78 Å². The van der Waals surface area contributed by atoms with Crippen molar-refractivity contribution in [2.45, 2.75) is 26.4 Å². The minimum absolute atomic E-state index is 0.512. The molecule has 0 amide bonds. The molecule has 6 nitrogen and oxygen atoms in total. The van der Waals surface area contributed by atoms with Gasteiger partial charge in [-0.25, -0.2) is 9.59 Å². The van der Waals surface area contributed by atoms with Crippen LogP contribution in [0.15, 0.2) is 18.5 Å². The Bertz CT molecular complexity index is 454. The molecule has 0 bridgehead atoms. The van der Waals surface area contributed by atoms with E-state index < -0.39 is 17.7 Å². The van der Waals surface area contributed by atoms with E-state index in [1.165, 1.54) is 18.5 Å². The van der Waals surface area contributed by atoms with E-state index in [1.807, 2.05) is 0 Å². The summed E-state index contributed by atoms with van der Waals surface area (Å²) in [5.41, 5.74) is -0.0848. The van der Waals surface area contributed by atoms with Crippen molar-refractivity contribution in [3.63, 3.8) is 0 Å². The van der Waals surface area contributed by atoms with E-state index in [2.05, 4.69) is 5.10 Å². The Kier molecular flexibility index (Phi) is 3.67. The summed E-state index contributed by atoms with van der Waals surface area (Å²) in [5.74, 6) is -1.06. The molecule has 1 heterocycles. The highest BCUT2D eigenvalue weighted by Gasteiger charge is 2.18. The number of hydrogen-bond acceptors (Lipinski definition) is 4. The van der Waals surface area contributed by atoms with Crippen molar-refractivity contribution < 1.29 is 19.4 Å². The number of nitrogens with zero attached hydrogens (tertiary/aromatic N) is 2. The first-order valence-electron chi connectivity index (χ1n) is 4.97. The van der Waals surface area contributed by atoms with Gasteiger partial charge in [-0.05, 0) is 26.8 Å². The number of carboxylic acids is 1. The third kappa shape index (κ3) is 4.50. The van der Waals surface area contributed by atoms with Gasteiger partial charge in [-0.2, -0.15) is 9.78 Å². The van der Waals surface area contributed by atoms with Gasteiger partial charge in [-0.3, -0.25) is 0 Å². The van der Waals surface area contributed by atoms with Gasteiger partial charge in [0.1, 0.15) is 5.60 Å². The monoisotopic (exact) mass is 238 g/mol. The number of carbonyl (C=O) groups excluding carboxylic acids is 1. The minimum atomic E-state index is -1.06. The number of hydrogen-bond donors (Lipinski definition) is 1. The van der Waals surface area contributed by atoms with Gasteiger partial charge < -0.3 is 9.84 Å². The van der Waals surface area contributed by atoms with Crippen molar-refractivity contribution in [3.05, 3.63) is 24.0 Å². The van der Waals surface area contributed by atoms with Gasteiger partial charge in [0.05, 0.1) is 6.20 Å². The van der Waals surface area contributed by atoms with Gasteiger partial charge in [-0.15, -0.1) is 0 Å². The maximum atomic E-state index is 11.5. The van der Waals surface area contributed by atoms with Crippen LogP contribution >= 0.6 is 0 Å². The highest BCUT2D eigenvalue weighted by molar-refractivity contribution is 5.85. The van der Waals surface area contributed by atoms with Crippen LogP contribution in [0.4, 0.5) is 4.79 Å². The third-order valence-electron chi connectivity index (χ3n) is 1.60. The fourth-order valence-electron chi connectivity index (χ4n) is 0.999. The molecule has 0 aliphatic heterocycles. The summed E-state index contributed by atoms with van der Waals surface area (Å²) in [6, 6.07) is 0. The van der Waals surface area contributed by atoms with Gasteiger partial charge in [0, 0.05) is 17.8 Å². The maximum Gasteiger partial charge on any atom is 0.435 e. The topological polar surface area (TPSA) is 81.4 Å². The summed E-state index contributed by atoms with van der Waals surface area (Å²) in [4.78, 5) is 21.8. The van der Waals surface area contributed by atoms with Crippen LogP contribution in [-0.2, 0) is 9.53 Å². The van der Waals surface area contributed by atoms with Crippen LogP contribution in [0.25, 0.3) is 6.08 Å². The molecule has 0 atom stereocenters. The fraction of sp³-hybridized carbons (Fsp3) is 0.364. The highest BCUT2D eigenvalue weighted by atomic mass is 16.6. The average molecular weight is 238 g/mol. The molecule has 0 unspecified atom stereocenters. The van der Waals surface area contributed by atoms with E-state index >= 15 is 0 Å². The first-order valence-corrected chi connectivity index (χ1v) is 4.97. The van der Waals surface area contributed by atoms with Crippen LogP contribution in [0.1, 0.15) is 26.3 Å². The van der Waals surface area contributed by atoms with Crippen LogP contribution < -0.4 is 0 Å². The van der Waals surface area contributed by atoms with E-state index in [9.17, 15) is 9.59 Å².